The van der Waals surface area contributed by atoms with Gasteiger partial charge in [0.25, 0.3) is 5.91 Å². The Morgan fingerprint density at radius 1 is 1.27 bits per heavy atom. The lowest BCUT2D eigenvalue weighted by Crippen LogP contribution is -2.42. The van der Waals surface area contributed by atoms with Crippen molar-refractivity contribution in [3.8, 4) is 0 Å². The Labute approximate surface area is 138 Å². The van der Waals surface area contributed by atoms with Gasteiger partial charge in [0.15, 0.2) is 0 Å². The highest BCUT2D eigenvalue weighted by Gasteiger charge is 2.26. The van der Waals surface area contributed by atoms with Gasteiger partial charge in [-0.2, -0.15) is 0 Å². The minimum atomic E-state index is -0.205. The molecule has 1 aliphatic rings. The maximum absolute atomic E-state index is 12.5. The van der Waals surface area contributed by atoms with Gasteiger partial charge in [-0.05, 0) is 29.8 Å². The Balaban J connectivity index is 1.76. The second-order valence-corrected chi connectivity index (χ2v) is 5.84. The van der Waals surface area contributed by atoms with Gasteiger partial charge >= 0.3 is 0 Å². The molecule has 1 aromatic heterocycles. The first-order chi connectivity index (χ1) is 10.6. The molecule has 1 saturated heterocycles. The SMILES string of the molecule is O=C(c1cccnc1)N1CCOC(c2ccc(Cl)c(Cl)c2)C1. The molecule has 0 radical (unpaired) electrons. The molecule has 3 rings (SSSR count). The van der Waals surface area contributed by atoms with Gasteiger partial charge in [0, 0.05) is 18.9 Å². The minimum absolute atomic E-state index is 0.0403. The van der Waals surface area contributed by atoms with Crippen molar-refractivity contribution in [2.45, 2.75) is 6.10 Å². The van der Waals surface area contributed by atoms with Gasteiger partial charge in [-0.1, -0.05) is 29.3 Å². The smallest absolute Gasteiger partial charge is 0.255 e. The average molecular weight is 337 g/mol. The van der Waals surface area contributed by atoms with E-state index < -0.39 is 0 Å². The molecule has 2 heterocycles. The van der Waals surface area contributed by atoms with Crippen molar-refractivity contribution in [1.29, 1.82) is 0 Å². The van der Waals surface area contributed by atoms with Crippen LogP contribution in [0, 0.1) is 0 Å². The molecule has 0 bridgehead atoms. The molecule has 1 atom stereocenters. The first-order valence-corrected chi connectivity index (χ1v) is 7.66. The lowest BCUT2D eigenvalue weighted by Gasteiger charge is -2.33. The average Bonchev–Trinajstić information content (AvgIpc) is 2.57. The maximum atomic E-state index is 12.5. The summed E-state index contributed by atoms with van der Waals surface area (Å²) in [6, 6.07) is 8.91. The van der Waals surface area contributed by atoms with E-state index in [4.69, 9.17) is 27.9 Å². The number of morpholine rings is 1. The number of hydrogen-bond donors (Lipinski definition) is 0. The van der Waals surface area contributed by atoms with Crippen LogP contribution in [0.5, 0.6) is 0 Å². The normalized spacial score (nSPS) is 18.3. The van der Waals surface area contributed by atoms with Crippen LogP contribution in [0.1, 0.15) is 22.0 Å². The number of nitrogens with zero attached hydrogens (tertiary/aromatic N) is 2. The third-order valence-corrected chi connectivity index (χ3v) is 4.32. The highest BCUT2D eigenvalue weighted by molar-refractivity contribution is 6.42. The van der Waals surface area contributed by atoms with Crippen molar-refractivity contribution in [3.63, 3.8) is 0 Å². The molecular formula is C16H14Cl2N2O2. The topological polar surface area (TPSA) is 42.4 Å². The van der Waals surface area contributed by atoms with Crippen molar-refractivity contribution in [2.75, 3.05) is 19.7 Å². The van der Waals surface area contributed by atoms with E-state index in [0.29, 0.717) is 35.3 Å². The van der Waals surface area contributed by atoms with Gasteiger partial charge in [-0.3, -0.25) is 9.78 Å². The summed E-state index contributed by atoms with van der Waals surface area (Å²) in [4.78, 5) is 18.2. The summed E-state index contributed by atoms with van der Waals surface area (Å²) in [6.07, 6.45) is 3.02. The standard InChI is InChI=1S/C16H14Cl2N2O2/c17-13-4-3-11(8-14(13)18)15-10-20(6-7-22-15)16(21)12-2-1-5-19-9-12/h1-5,8-9,15H,6-7,10H2. The highest BCUT2D eigenvalue weighted by Crippen LogP contribution is 2.29. The summed E-state index contributed by atoms with van der Waals surface area (Å²) < 4.78 is 5.76. The summed E-state index contributed by atoms with van der Waals surface area (Å²) in [7, 11) is 0. The Kier molecular flexibility index (Phi) is 4.62. The molecule has 1 amide bonds. The number of benzene rings is 1. The highest BCUT2D eigenvalue weighted by atomic mass is 35.5. The Bertz CT molecular complexity index is 679. The van der Waals surface area contributed by atoms with Crippen LogP contribution in [0.3, 0.4) is 0 Å². The molecule has 6 heteroatoms. The lowest BCUT2D eigenvalue weighted by molar-refractivity contribution is -0.0228. The molecule has 0 saturated carbocycles. The van der Waals surface area contributed by atoms with Gasteiger partial charge in [0.05, 0.1) is 28.8 Å². The number of carbonyl (C=O) groups excluding carboxylic acids is 1. The fourth-order valence-corrected chi connectivity index (χ4v) is 2.73. The third kappa shape index (κ3) is 3.24. The van der Waals surface area contributed by atoms with Crippen molar-refractivity contribution in [2.24, 2.45) is 0 Å². The van der Waals surface area contributed by atoms with E-state index in [-0.39, 0.29) is 12.0 Å². The molecule has 1 unspecified atom stereocenters. The van der Waals surface area contributed by atoms with Gasteiger partial charge in [-0.25, -0.2) is 0 Å². The first-order valence-electron chi connectivity index (χ1n) is 6.91. The lowest BCUT2D eigenvalue weighted by atomic mass is 10.1. The number of halogens is 2. The number of carbonyl (C=O) groups is 1. The molecular weight excluding hydrogens is 323 g/mol. The summed E-state index contributed by atoms with van der Waals surface area (Å²) in [5.74, 6) is -0.0403. The maximum Gasteiger partial charge on any atom is 0.255 e. The van der Waals surface area contributed by atoms with Crippen LogP contribution in [0.2, 0.25) is 10.0 Å². The Hall–Kier alpha value is -1.62. The second kappa shape index (κ2) is 6.65. The van der Waals surface area contributed by atoms with Crippen LogP contribution in [0.4, 0.5) is 0 Å². The predicted molar refractivity (Wildman–Crippen MR) is 85.3 cm³/mol. The largest absolute Gasteiger partial charge is 0.370 e. The fourth-order valence-electron chi connectivity index (χ4n) is 2.42. The van der Waals surface area contributed by atoms with Gasteiger partial charge in [-0.15, -0.1) is 0 Å². The van der Waals surface area contributed by atoms with E-state index in [1.807, 2.05) is 6.07 Å². The fraction of sp³-hybridized carbons (Fsp3) is 0.250. The molecule has 0 N–H and O–H groups in total. The number of aromatic nitrogens is 1. The molecule has 114 valence electrons. The minimum Gasteiger partial charge on any atom is -0.370 e. The summed E-state index contributed by atoms with van der Waals surface area (Å²) in [6.45, 7) is 1.52. The van der Waals surface area contributed by atoms with Crippen LogP contribution in [0.15, 0.2) is 42.7 Å². The molecule has 1 fully saturated rings. The number of amides is 1. The van der Waals surface area contributed by atoms with Crippen LogP contribution < -0.4 is 0 Å². The zero-order valence-electron chi connectivity index (χ0n) is 11.7. The van der Waals surface area contributed by atoms with E-state index in [1.54, 1.807) is 41.6 Å². The van der Waals surface area contributed by atoms with Crippen LogP contribution >= 0.6 is 23.2 Å². The Morgan fingerprint density at radius 3 is 2.86 bits per heavy atom. The van der Waals surface area contributed by atoms with Gasteiger partial charge in [0.2, 0.25) is 0 Å². The van der Waals surface area contributed by atoms with E-state index >= 15 is 0 Å². The van der Waals surface area contributed by atoms with Crippen LogP contribution in [0.25, 0.3) is 0 Å². The number of ether oxygens (including phenoxy) is 1. The van der Waals surface area contributed by atoms with Crippen molar-refractivity contribution in [1.82, 2.24) is 9.88 Å². The predicted octanol–water partition coefficient (Wildman–Crippen LogP) is 3.60. The van der Waals surface area contributed by atoms with E-state index in [2.05, 4.69) is 4.98 Å². The summed E-state index contributed by atoms with van der Waals surface area (Å²) in [5.41, 5.74) is 1.50. The van der Waals surface area contributed by atoms with E-state index in [1.165, 1.54) is 0 Å². The number of rotatable bonds is 2. The second-order valence-electron chi connectivity index (χ2n) is 5.03. The van der Waals surface area contributed by atoms with Crippen molar-refractivity contribution in [3.05, 3.63) is 63.9 Å². The molecule has 0 aliphatic carbocycles. The first kappa shape index (κ1) is 15.3. The zero-order chi connectivity index (χ0) is 15.5. The van der Waals surface area contributed by atoms with Gasteiger partial charge in [0.1, 0.15) is 6.10 Å². The van der Waals surface area contributed by atoms with E-state index in [9.17, 15) is 4.79 Å². The molecule has 1 aliphatic heterocycles. The molecule has 22 heavy (non-hydrogen) atoms. The number of pyridine rings is 1. The van der Waals surface area contributed by atoms with Crippen LogP contribution in [-0.2, 0) is 4.74 Å². The molecule has 1 aromatic carbocycles. The quantitative estimate of drug-likeness (QED) is 0.841. The molecule has 4 nitrogen and oxygen atoms in total. The van der Waals surface area contributed by atoms with Crippen molar-refractivity contribution < 1.29 is 9.53 Å². The zero-order valence-corrected chi connectivity index (χ0v) is 13.2. The number of hydrogen-bond acceptors (Lipinski definition) is 3. The Morgan fingerprint density at radius 2 is 2.14 bits per heavy atom. The van der Waals surface area contributed by atoms with Crippen molar-refractivity contribution >= 4 is 29.1 Å². The summed E-state index contributed by atoms with van der Waals surface area (Å²) >= 11 is 12.0. The van der Waals surface area contributed by atoms with Gasteiger partial charge < -0.3 is 9.64 Å². The molecule has 0 spiro atoms. The monoisotopic (exact) mass is 336 g/mol. The van der Waals surface area contributed by atoms with Crippen LogP contribution in [-0.4, -0.2) is 35.5 Å². The summed E-state index contributed by atoms with van der Waals surface area (Å²) in [5, 5.41) is 0.989. The third-order valence-electron chi connectivity index (χ3n) is 3.58. The molecule has 2 aromatic rings. The van der Waals surface area contributed by atoms with E-state index in [0.717, 1.165) is 5.56 Å².